The molecule has 0 spiro atoms. The lowest BCUT2D eigenvalue weighted by molar-refractivity contribution is 0.0697. The minimum Gasteiger partial charge on any atom is -0.478 e. The molecule has 108 valence electrons. The van der Waals surface area contributed by atoms with Crippen molar-refractivity contribution in [1.82, 2.24) is 0 Å². The van der Waals surface area contributed by atoms with E-state index in [0.717, 1.165) is 36.1 Å². The molecule has 3 nitrogen and oxygen atoms in total. The number of nitrogens with zero attached hydrogens (tertiary/aromatic N) is 1. The average Bonchev–Trinajstić information content (AvgIpc) is 2.68. The second-order valence-electron chi connectivity index (χ2n) is 5.26. The highest BCUT2D eigenvalue weighted by atomic mass is 79.9. The smallest absolute Gasteiger partial charge is 0.337 e. The Morgan fingerprint density at radius 3 is 2.67 bits per heavy atom. The number of rotatable bonds is 2. The van der Waals surface area contributed by atoms with Crippen LogP contribution >= 0.6 is 15.9 Å². The number of carboxylic acids is 1. The third kappa shape index (κ3) is 2.95. The molecule has 3 rings (SSSR count). The maximum absolute atomic E-state index is 11.5. The molecule has 0 saturated heterocycles. The predicted octanol–water partition coefficient (Wildman–Crippen LogP) is 4.10. The Hall–Kier alpha value is -1.81. The third-order valence-electron chi connectivity index (χ3n) is 3.88. The fraction of sp³-hybridized carbons (Fsp3) is 0.235. The van der Waals surface area contributed by atoms with Crippen LogP contribution < -0.4 is 4.90 Å². The van der Waals surface area contributed by atoms with Gasteiger partial charge in [-0.15, -0.1) is 0 Å². The number of halogens is 1. The van der Waals surface area contributed by atoms with Crippen molar-refractivity contribution in [1.29, 1.82) is 0 Å². The molecule has 21 heavy (non-hydrogen) atoms. The van der Waals surface area contributed by atoms with E-state index in [0.29, 0.717) is 5.56 Å². The van der Waals surface area contributed by atoms with Crippen LogP contribution in [0.1, 0.15) is 27.9 Å². The van der Waals surface area contributed by atoms with Crippen LogP contribution in [0.4, 0.5) is 5.69 Å². The summed E-state index contributed by atoms with van der Waals surface area (Å²) in [5, 5.41) is 9.41. The molecule has 0 atom stereocenters. The summed E-state index contributed by atoms with van der Waals surface area (Å²) in [6, 6.07) is 13.7. The van der Waals surface area contributed by atoms with Crippen LogP contribution in [0.2, 0.25) is 0 Å². The number of aryl methyl sites for hydroxylation is 1. The highest BCUT2D eigenvalue weighted by Crippen LogP contribution is 2.29. The summed E-state index contributed by atoms with van der Waals surface area (Å²) in [5.74, 6) is -0.880. The van der Waals surface area contributed by atoms with Gasteiger partial charge in [0.2, 0.25) is 0 Å². The zero-order valence-electron chi connectivity index (χ0n) is 11.6. The average molecular weight is 346 g/mol. The molecule has 2 aromatic rings. The molecular weight excluding hydrogens is 330 g/mol. The summed E-state index contributed by atoms with van der Waals surface area (Å²) >= 11 is 3.44. The maximum atomic E-state index is 11.5. The van der Waals surface area contributed by atoms with Crippen LogP contribution in [0.15, 0.2) is 46.9 Å². The van der Waals surface area contributed by atoms with E-state index in [-0.39, 0.29) is 0 Å². The zero-order valence-corrected chi connectivity index (χ0v) is 13.1. The van der Waals surface area contributed by atoms with Gasteiger partial charge in [0.05, 0.1) is 11.3 Å². The van der Waals surface area contributed by atoms with Crippen LogP contribution in [-0.2, 0) is 13.0 Å². The standard InChI is InChI=1S/C17H16BrNO2/c18-14-7-8-15(17(20)21)16(10-14)19-9-3-6-12-4-1-2-5-13(12)11-19/h1-2,4-5,7-8,10H,3,6,9,11H2,(H,20,21). The van der Waals surface area contributed by atoms with E-state index >= 15 is 0 Å². The normalized spacial score (nSPS) is 14.4. The number of hydrogen-bond acceptors (Lipinski definition) is 2. The van der Waals surface area contributed by atoms with Gasteiger partial charge < -0.3 is 10.0 Å². The van der Waals surface area contributed by atoms with E-state index in [4.69, 9.17) is 0 Å². The number of carboxylic acid groups (broad SMARTS) is 1. The summed E-state index contributed by atoms with van der Waals surface area (Å²) in [6.45, 7) is 1.62. The van der Waals surface area contributed by atoms with Crippen molar-refractivity contribution in [2.75, 3.05) is 11.4 Å². The van der Waals surface area contributed by atoms with Crippen molar-refractivity contribution < 1.29 is 9.90 Å². The quantitative estimate of drug-likeness (QED) is 0.890. The Bertz CT molecular complexity index is 684. The molecule has 0 aliphatic carbocycles. The van der Waals surface area contributed by atoms with Gasteiger partial charge in [0.1, 0.15) is 0 Å². The molecule has 0 bridgehead atoms. The molecule has 0 aromatic heterocycles. The van der Waals surface area contributed by atoms with Crippen molar-refractivity contribution in [2.24, 2.45) is 0 Å². The lowest BCUT2D eigenvalue weighted by Gasteiger charge is -2.25. The first-order chi connectivity index (χ1) is 10.1. The molecule has 0 fully saturated rings. The Kier molecular flexibility index (Phi) is 3.97. The van der Waals surface area contributed by atoms with E-state index < -0.39 is 5.97 Å². The van der Waals surface area contributed by atoms with Gasteiger partial charge in [-0.2, -0.15) is 0 Å². The number of fused-ring (bicyclic) bond motifs is 1. The van der Waals surface area contributed by atoms with Crippen molar-refractivity contribution >= 4 is 27.6 Å². The van der Waals surface area contributed by atoms with E-state index in [2.05, 4.69) is 39.0 Å². The van der Waals surface area contributed by atoms with Crippen LogP contribution in [-0.4, -0.2) is 17.6 Å². The SMILES string of the molecule is O=C(O)c1ccc(Br)cc1N1CCCc2ccccc2C1. The lowest BCUT2D eigenvalue weighted by atomic mass is 10.0. The highest BCUT2D eigenvalue weighted by molar-refractivity contribution is 9.10. The van der Waals surface area contributed by atoms with E-state index in [1.165, 1.54) is 11.1 Å². The van der Waals surface area contributed by atoms with Gasteiger partial charge in [-0.1, -0.05) is 40.2 Å². The largest absolute Gasteiger partial charge is 0.478 e. The molecule has 1 aliphatic rings. The molecule has 0 saturated carbocycles. The van der Waals surface area contributed by atoms with Crippen LogP contribution in [0, 0.1) is 0 Å². The first kappa shape index (κ1) is 14.1. The molecule has 1 heterocycles. The van der Waals surface area contributed by atoms with Crippen molar-refractivity contribution in [3.63, 3.8) is 0 Å². The van der Waals surface area contributed by atoms with E-state index in [1.54, 1.807) is 12.1 Å². The first-order valence-electron chi connectivity index (χ1n) is 7.00. The molecule has 1 aliphatic heterocycles. The number of hydrogen-bond donors (Lipinski definition) is 1. The van der Waals surface area contributed by atoms with Gasteiger partial charge in [0.25, 0.3) is 0 Å². The fourth-order valence-electron chi connectivity index (χ4n) is 2.85. The van der Waals surface area contributed by atoms with Crippen molar-refractivity contribution in [3.8, 4) is 0 Å². The second kappa shape index (κ2) is 5.90. The van der Waals surface area contributed by atoms with Gasteiger partial charge in [0, 0.05) is 17.6 Å². The van der Waals surface area contributed by atoms with Gasteiger partial charge in [-0.3, -0.25) is 0 Å². The zero-order chi connectivity index (χ0) is 14.8. The molecule has 2 aromatic carbocycles. The summed E-state index contributed by atoms with van der Waals surface area (Å²) in [5.41, 5.74) is 3.80. The minimum atomic E-state index is -0.880. The topological polar surface area (TPSA) is 40.5 Å². The molecule has 1 N–H and O–H groups in total. The van der Waals surface area contributed by atoms with Crippen molar-refractivity contribution in [2.45, 2.75) is 19.4 Å². The van der Waals surface area contributed by atoms with Gasteiger partial charge >= 0.3 is 5.97 Å². The lowest BCUT2D eigenvalue weighted by Crippen LogP contribution is -2.24. The molecule has 0 radical (unpaired) electrons. The highest BCUT2D eigenvalue weighted by Gasteiger charge is 2.19. The fourth-order valence-corrected chi connectivity index (χ4v) is 3.20. The second-order valence-corrected chi connectivity index (χ2v) is 6.18. The Labute approximate surface area is 132 Å². The monoisotopic (exact) mass is 345 g/mol. The Balaban J connectivity index is 2.01. The van der Waals surface area contributed by atoms with E-state index in [9.17, 15) is 9.90 Å². The van der Waals surface area contributed by atoms with Crippen LogP contribution in [0.25, 0.3) is 0 Å². The number of aromatic carboxylic acids is 1. The maximum Gasteiger partial charge on any atom is 0.337 e. The summed E-state index contributed by atoms with van der Waals surface area (Å²) in [7, 11) is 0. The minimum absolute atomic E-state index is 0.359. The predicted molar refractivity (Wildman–Crippen MR) is 86.9 cm³/mol. The van der Waals surface area contributed by atoms with Gasteiger partial charge in [0.15, 0.2) is 0 Å². The van der Waals surface area contributed by atoms with Crippen molar-refractivity contribution in [3.05, 3.63) is 63.6 Å². The molecule has 0 amide bonds. The number of anilines is 1. The van der Waals surface area contributed by atoms with Crippen LogP contribution in [0.3, 0.4) is 0 Å². The number of benzene rings is 2. The molecule has 0 unspecified atom stereocenters. The summed E-state index contributed by atoms with van der Waals surface area (Å²) < 4.78 is 0.903. The van der Waals surface area contributed by atoms with Crippen LogP contribution in [0.5, 0.6) is 0 Å². The van der Waals surface area contributed by atoms with Gasteiger partial charge in [-0.25, -0.2) is 4.79 Å². The third-order valence-corrected chi connectivity index (χ3v) is 4.38. The van der Waals surface area contributed by atoms with Gasteiger partial charge in [-0.05, 0) is 42.2 Å². The molecular formula is C17H16BrNO2. The first-order valence-corrected chi connectivity index (χ1v) is 7.79. The summed E-state index contributed by atoms with van der Waals surface area (Å²) in [4.78, 5) is 13.6. The number of carbonyl (C=O) groups is 1. The van der Waals surface area contributed by atoms with E-state index in [1.807, 2.05) is 12.1 Å². The summed E-state index contributed by atoms with van der Waals surface area (Å²) in [6.07, 6.45) is 2.08. The Morgan fingerprint density at radius 2 is 1.90 bits per heavy atom. The Morgan fingerprint density at radius 1 is 1.14 bits per heavy atom. The molecule has 4 heteroatoms.